The molecule has 17 heavy (non-hydrogen) atoms. The van der Waals surface area contributed by atoms with Gasteiger partial charge in [-0.05, 0) is 0 Å². The van der Waals surface area contributed by atoms with Crippen molar-refractivity contribution in [3.63, 3.8) is 0 Å². The average Bonchev–Trinajstić information content (AvgIpc) is 2.77. The van der Waals surface area contributed by atoms with E-state index in [1.165, 1.54) is 11.3 Å². The third-order valence-electron chi connectivity index (χ3n) is 2.36. The van der Waals surface area contributed by atoms with E-state index < -0.39 is 0 Å². The monoisotopic (exact) mass is 257 g/mol. The topological polar surface area (TPSA) is 93.4 Å². The van der Waals surface area contributed by atoms with E-state index in [-0.39, 0.29) is 12.5 Å². The highest BCUT2D eigenvalue weighted by Gasteiger charge is 2.14. The van der Waals surface area contributed by atoms with E-state index in [0.717, 1.165) is 37.9 Å². The zero-order chi connectivity index (χ0) is 12.1. The third-order valence-corrected chi connectivity index (χ3v) is 3.18. The summed E-state index contributed by atoms with van der Waals surface area (Å²) in [7, 11) is 0. The quantitative estimate of drug-likeness (QED) is 0.738. The summed E-state index contributed by atoms with van der Waals surface area (Å²) < 4.78 is 5.26. The molecule has 1 saturated heterocycles. The molecule has 0 saturated carbocycles. The first-order valence-electron chi connectivity index (χ1n) is 5.40. The fourth-order valence-corrected chi connectivity index (χ4v) is 2.29. The zero-order valence-electron chi connectivity index (χ0n) is 9.39. The number of hydrogen-bond acceptors (Lipinski definition) is 7. The van der Waals surface area contributed by atoms with Crippen LogP contribution < -0.4 is 11.1 Å². The summed E-state index contributed by atoms with van der Waals surface area (Å²) >= 11 is 1.38. The number of nitrogens with zero attached hydrogens (tertiary/aromatic N) is 3. The third kappa shape index (κ3) is 3.70. The lowest BCUT2D eigenvalue weighted by Gasteiger charge is -2.25. The van der Waals surface area contributed by atoms with Crippen molar-refractivity contribution >= 4 is 22.4 Å². The minimum atomic E-state index is -0.251. The Labute approximate surface area is 103 Å². The van der Waals surface area contributed by atoms with Gasteiger partial charge in [-0.1, -0.05) is 11.3 Å². The molecule has 94 valence electrons. The molecule has 3 N–H and O–H groups in total. The molecule has 0 unspecified atom stereocenters. The summed E-state index contributed by atoms with van der Waals surface area (Å²) in [5.74, 6) is -0.251. The normalized spacial score (nSPS) is 17.0. The van der Waals surface area contributed by atoms with Crippen LogP contribution in [0.15, 0.2) is 0 Å². The van der Waals surface area contributed by atoms with Gasteiger partial charge in [0.25, 0.3) is 0 Å². The van der Waals surface area contributed by atoms with Gasteiger partial charge in [-0.2, -0.15) is 0 Å². The van der Waals surface area contributed by atoms with Crippen molar-refractivity contribution in [2.45, 2.75) is 6.54 Å². The fraction of sp³-hybridized carbons (Fsp3) is 0.667. The highest BCUT2D eigenvalue weighted by atomic mass is 32.1. The van der Waals surface area contributed by atoms with Crippen molar-refractivity contribution in [2.24, 2.45) is 5.73 Å². The van der Waals surface area contributed by atoms with Crippen molar-refractivity contribution in [2.75, 3.05) is 38.2 Å². The summed E-state index contributed by atoms with van der Waals surface area (Å²) in [5, 5.41) is 11.9. The van der Waals surface area contributed by atoms with Gasteiger partial charge in [0.15, 0.2) is 0 Å². The molecule has 0 aromatic carbocycles. The summed E-state index contributed by atoms with van der Waals surface area (Å²) in [4.78, 5) is 13.3. The van der Waals surface area contributed by atoms with E-state index in [1.807, 2.05) is 0 Å². The van der Waals surface area contributed by atoms with Gasteiger partial charge in [-0.3, -0.25) is 15.0 Å². The second-order valence-electron chi connectivity index (χ2n) is 3.64. The highest BCUT2D eigenvalue weighted by Crippen LogP contribution is 2.17. The molecular weight excluding hydrogens is 242 g/mol. The number of carbonyl (C=O) groups excluding carboxylic acids is 1. The molecule has 0 radical (unpaired) electrons. The lowest BCUT2D eigenvalue weighted by Crippen LogP contribution is -2.35. The van der Waals surface area contributed by atoms with Crippen LogP contribution in [-0.2, 0) is 16.1 Å². The molecule has 0 atom stereocenters. The Kier molecular flexibility index (Phi) is 4.37. The predicted molar refractivity (Wildman–Crippen MR) is 63.7 cm³/mol. The van der Waals surface area contributed by atoms with Gasteiger partial charge >= 0.3 is 0 Å². The predicted octanol–water partition coefficient (Wildman–Crippen LogP) is -0.733. The Morgan fingerprint density at radius 2 is 2.24 bits per heavy atom. The van der Waals surface area contributed by atoms with Gasteiger partial charge in [0.05, 0.1) is 26.3 Å². The first-order valence-corrected chi connectivity index (χ1v) is 6.22. The van der Waals surface area contributed by atoms with E-state index in [1.54, 1.807) is 0 Å². The van der Waals surface area contributed by atoms with Gasteiger partial charge in [0.1, 0.15) is 5.01 Å². The molecule has 8 heteroatoms. The van der Waals surface area contributed by atoms with Crippen molar-refractivity contribution in [3.8, 4) is 0 Å². The van der Waals surface area contributed by atoms with Crippen LogP contribution in [0.1, 0.15) is 5.01 Å². The minimum Gasteiger partial charge on any atom is -0.379 e. The smallest absolute Gasteiger partial charge is 0.239 e. The molecular formula is C9H15N5O2S. The number of nitrogens with one attached hydrogen (secondary N) is 1. The molecule has 0 bridgehead atoms. The van der Waals surface area contributed by atoms with Crippen molar-refractivity contribution in [1.82, 2.24) is 15.1 Å². The molecule has 7 nitrogen and oxygen atoms in total. The largest absolute Gasteiger partial charge is 0.379 e. The number of anilines is 1. The number of hydrogen-bond donors (Lipinski definition) is 2. The maximum Gasteiger partial charge on any atom is 0.239 e. The zero-order valence-corrected chi connectivity index (χ0v) is 10.2. The lowest BCUT2D eigenvalue weighted by atomic mass is 10.4. The Bertz CT molecular complexity index is 377. The highest BCUT2D eigenvalue weighted by molar-refractivity contribution is 7.15. The number of ether oxygens (including phenoxy) is 1. The number of amides is 1. The molecule has 0 spiro atoms. The van der Waals surface area contributed by atoms with Crippen molar-refractivity contribution in [3.05, 3.63) is 5.01 Å². The Morgan fingerprint density at radius 3 is 2.94 bits per heavy atom. The van der Waals surface area contributed by atoms with E-state index in [4.69, 9.17) is 10.5 Å². The van der Waals surface area contributed by atoms with Crippen molar-refractivity contribution in [1.29, 1.82) is 0 Å². The van der Waals surface area contributed by atoms with Gasteiger partial charge in [0, 0.05) is 13.1 Å². The Balaban J connectivity index is 1.86. The second-order valence-corrected chi connectivity index (χ2v) is 4.70. The number of aromatic nitrogens is 2. The van der Waals surface area contributed by atoms with Crippen LogP contribution in [0.2, 0.25) is 0 Å². The summed E-state index contributed by atoms with van der Waals surface area (Å²) in [6.45, 7) is 4.04. The molecule has 1 aliphatic rings. The molecule has 2 heterocycles. The van der Waals surface area contributed by atoms with Crippen LogP contribution in [0.4, 0.5) is 5.13 Å². The Hall–Kier alpha value is -1.09. The maximum absolute atomic E-state index is 11.1. The van der Waals surface area contributed by atoms with E-state index in [0.29, 0.717) is 5.13 Å². The van der Waals surface area contributed by atoms with Crippen LogP contribution in [0.3, 0.4) is 0 Å². The first-order chi connectivity index (χ1) is 8.28. The fourth-order valence-electron chi connectivity index (χ4n) is 1.49. The van der Waals surface area contributed by atoms with Crippen LogP contribution in [0.25, 0.3) is 0 Å². The Morgan fingerprint density at radius 1 is 1.47 bits per heavy atom. The average molecular weight is 257 g/mol. The molecule has 2 rings (SSSR count). The number of morpholine rings is 1. The number of nitrogens with two attached hydrogens (primary N) is 1. The maximum atomic E-state index is 11.1. The molecule has 1 aliphatic heterocycles. The van der Waals surface area contributed by atoms with Crippen LogP contribution in [0, 0.1) is 0 Å². The summed E-state index contributed by atoms with van der Waals surface area (Å²) in [6.07, 6.45) is 0. The molecule has 1 aromatic rings. The summed E-state index contributed by atoms with van der Waals surface area (Å²) in [5.41, 5.74) is 5.20. The van der Waals surface area contributed by atoms with Gasteiger partial charge in [-0.15, -0.1) is 10.2 Å². The van der Waals surface area contributed by atoms with Crippen molar-refractivity contribution < 1.29 is 9.53 Å². The molecule has 0 aliphatic carbocycles. The minimum absolute atomic E-state index is 0.0433. The van der Waals surface area contributed by atoms with Gasteiger partial charge < -0.3 is 10.5 Å². The van der Waals surface area contributed by atoms with Crippen LogP contribution in [-0.4, -0.2) is 53.9 Å². The molecule has 1 amide bonds. The first kappa shape index (κ1) is 12.4. The lowest BCUT2D eigenvalue weighted by molar-refractivity contribution is -0.114. The van der Waals surface area contributed by atoms with Gasteiger partial charge in [0.2, 0.25) is 11.0 Å². The number of carbonyl (C=O) groups is 1. The second kappa shape index (κ2) is 6.01. The number of rotatable bonds is 4. The van der Waals surface area contributed by atoms with E-state index in [9.17, 15) is 4.79 Å². The van der Waals surface area contributed by atoms with Crippen LogP contribution in [0.5, 0.6) is 0 Å². The SMILES string of the molecule is NCC(=O)Nc1nnc(CN2CCOCC2)s1. The van der Waals surface area contributed by atoms with Crippen LogP contribution >= 0.6 is 11.3 Å². The molecule has 1 fully saturated rings. The van der Waals surface area contributed by atoms with Gasteiger partial charge in [-0.25, -0.2) is 0 Å². The van der Waals surface area contributed by atoms with E-state index in [2.05, 4.69) is 20.4 Å². The molecule has 1 aromatic heterocycles. The standard InChI is InChI=1S/C9H15N5O2S/c10-5-7(15)11-9-13-12-8(17-9)6-14-1-3-16-4-2-14/h1-6,10H2,(H,11,13,15). The summed E-state index contributed by atoms with van der Waals surface area (Å²) in [6, 6.07) is 0. The van der Waals surface area contributed by atoms with E-state index >= 15 is 0 Å².